The van der Waals surface area contributed by atoms with Crippen LogP contribution in [-0.4, -0.2) is 22.6 Å². The van der Waals surface area contributed by atoms with Crippen molar-refractivity contribution in [3.8, 4) is 11.1 Å². The first-order valence-corrected chi connectivity index (χ1v) is 10.7. The van der Waals surface area contributed by atoms with Crippen LogP contribution in [0.3, 0.4) is 0 Å². The minimum absolute atomic E-state index is 0.239. The Bertz CT molecular complexity index is 1170. The van der Waals surface area contributed by atoms with Gasteiger partial charge in [0.05, 0.1) is 5.52 Å². The molecule has 0 N–H and O–H groups in total. The van der Waals surface area contributed by atoms with Gasteiger partial charge in [0, 0.05) is 13.1 Å². The van der Waals surface area contributed by atoms with Crippen molar-refractivity contribution in [1.29, 1.82) is 0 Å². The highest BCUT2D eigenvalue weighted by Gasteiger charge is 2.21. The molecule has 0 amide bonds. The number of rotatable bonds is 5. The molecule has 1 aliphatic rings. The molecule has 0 unspecified atom stereocenters. The fraction of sp³-hybridized carbons (Fsp3) is 0.269. The molecule has 4 heteroatoms. The highest BCUT2D eigenvalue weighted by atomic mass is 16.4. The highest BCUT2D eigenvalue weighted by molar-refractivity contribution is 5.72. The van der Waals surface area contributed by atoms with Gasteiger partial charge < -0.3 is 4.42 Å². The minimum Gasteiger partial charge on any atom is -0.408 e. The van der Waals surface area contributed by atoms with Crippen LogP contribution in [0, 0.1) is 5.92 Å². The largest absolute Gasteiger partial charge is 0.419 e. The third-order valence-electron chi connectivity index (χ3n) is 6.19. The Morgan fingerprint density at radius 1 is 0.800 bits per heavy atom. The molecular weight excluding hydrogens is 372 g/mol. The van der Waals surface area contributed by atoms with E-state index < -0.39 is 0 Å². The number of benzene rings is 3. The molecule has 0 aliphatic carbocycles. The first kappa shape index (κ1) is 18.9. The predicted molar refractivity (Wildman–Crippen MR) is 120 cm³/mol. The molecule has 152 valence electrons. The van der Waals surface area contributed by atoms with E-state index in [9.17, 15) is 4.79 Å². The SMILES string of the molecule is O=c1oc2ccccc2n1CC1CCN(Cc2ccc(-c3ccccc3)cc2)CC1. The van der Waals surface area contributed by atoms with E-state index in [0.717, 1.165) is 44.5 Å². The Morgan fingerprint density at radius 2 is 1.47 bits per heavy atom. The van der Waals surface area contributed by atoms with E-state index in [1.165, 1.54) is 16.7 Å². The summed E-state index contributed by atoms with van der Waals surface area (Å²) in [7, 11) is 0. The van der Waals surface area contributed by atoms with Crippen LogP contribution in [0.15, 0.2) is 88.1 Å². The van der Waals surface area contributed by atoms with E-state index in [1.807, 2.05) is 30.3 Å². The van der Waals surface area contributed by atoms with Crippen molar-refractivity contribution >= 4 is 11.1 Å². The molecule has 1 saturated heterocycles. The smallest absolute Gasteiger partial charge is 0.408 e. The van der Waals surface area contributed by atoms with Gasteiger partial charge in [-0.1, -0.05) is 66.7 Å². The number of fused-ring (bicyclic) bond motifs is 1. The summed E-state index contributed by atoms with van der Waals surface area (Å²) in [6.07, 6.45) is 2.21. The molecule has 0 radical (unpaired) electrons. The quantitative estimate of drug-likeness (QED) is 0.465. The van der Waals surface area contributed by atoms with E-state index in [1.54, 1.807) is 4.57 Å². The minimum atomic E-state index is -0.239. The second-order valence-electron chi connectivity index (χ2n) is 8.23. The van der Waals surface area contributed by atoms with Crippen LogP contribution in [0.1, 0.15) is 18.4 Å². The Kier molecular flexibility index (Phi) is 5.24. The molecule has 3 aromatic carbocycles. The zero-order chi connectivity index (χ0) is 20.3. The van der Waals surface area contributed by atoms with Crippen LogP contribution in [0.25, 0.3) is 22.2 Å². The normalized spacial score (nSPS) is 15.6. The summed E-state index contributed by atoms with van der Waals surface area (Å²) in [5.74, 6) is 0.276. The summed E-state index contributed by atoms with van der Waals surface area (Å²) in [5, 5.41) is 0. The Balaban J connectivity index is 1.18. The molecule has 2 heterocycles. The highest BCUT2D eigenvalue weighted by Crippen LogP contribution is 2.24. The molecule has 0 bridgehead atoms. The number of piperidine rings is 1. The fourth-order valence-electron chi connectivity index (χ4n) is 4.46. The van der Waals surface area contributed by atoms with Gasteiger partial charge >= 0.3 is 5.76 Å². The maximum absolute atomic E-state index is 12.2. The number of hydrogen-bond donors (Lipinski definition) is 0. The summed E-state index contributed by atoms with van der Waals surface area (Å²) in [6.45, 7) is 3.86. The van der Waals surface area contributed by atoms with Gasteiger partial charge in [-0.05, 0) is 60.7 Å². The molecule has 1 fully saturated rings. The number of nitrogens with zero attached hydrogens (tertiary/aromatic N) is 2. The second-order valence-corrected chi connectivity index (χ2v) is 8.23. The first-order valence-electron chi connectivity index (χ1n) is 10.7. The average molecular weight is 399 g/mol. The van der Waals surface area contributed by atoms with Crippen molar-refractivity contribution in [2.75, 3.05) is 13.1 Å². The van der Waals surface area contributed by atoms with Crippen molar-refractivity contribution in [2.24, 2.45) is 5.92 Å². The zero-order valence-corrected chi connectivity index (χ0v) is 17.0. The van der Waals surface area contributed by atoms with E-state index in [2.05, 4.69) is 53.4 Å². The van der Waals surface area contributed by atoms with Gasteiger partial charge in [0.1, 0.15) is 0 Å². The summed E-state index contributed by atoms with van der Waals surface area (Å²) in [5.41, 5.74) is 5.45. The second kappa shape index (κ2) is 8.33. The molecule has 30 heavy (non-hydrogen) atoms. The molecule has 4 aromatic rings. The van der Waals surface area contributed by atoms with Crippen molar-refractivity contribution in [3.05, 3.63) is 95.0 Å². The molecular formula is C26H26N2O2. The van der Waals surface area contributed by atoms with Gasteiger partial charge in [-0.25, -0.2) is 4.79 Å². The maximum Gasteiger partial charge on any atom is 0.419 e. The molecule has 4 nitrogen and oxygen atoms in total. The third kappa shape index (κ3) is 3.96. The predicted octanol–water partition coefficient (Wildman–Crippen LogP) is 5.17. The van der Waals surface area contributed by atoms with Crippen LogP contribution >= 0.6 is 0 Å². The molecule has 0 saturated carbocycles. The molecule has 0 atom stereocenters. The van der Waals surface area contributed by atoms with Gasteiger partial charge in [0.2, 0.25) is 0 Å². The van der Waals surface area contributed by atoms with Crippen molar-refractivity contribution in [2.45, 2.75) is 25.9 Å². The summed E-state index contributed by atoms with van der Waals surface area (Å²) < 4.78 is 7.18. The van der Waals surface area contributed by atoms with E-state index >= 15 is 0 Å². The van der Waals surface area contributed by atoms with Gasteiger partial charge in [-0.15, -0.1) is 0 Å². The summed E-state index contributed by atoms with van der Waals surface area (Å²) in [6, 6.07) is 27.1. The molecule has 0 spiro atoms. The van der Waals surface area contributed by atoms with Crippen LogP contribution in [-0.2, 0) is 13.1 Å². The number of likely N-dealkylation sites (tertiary alicyclic amines) is 1. The number of para-hydroxylation sites is 2. The Morgan fingerprint density at radius 3 is 2.23 bits per heavy atom. The molecule has 1 aliphatic heterocycles. The lowest BCUT2D eigenvalue weighted by molar-refractivity contribution is 0.166. The lowest BCUT2D eigenvalue weighted by Gasteiger charge is -2.32. The number of hydrogen-bond acceptors (Lipinski definition) is 3. The van der Waals surface area contributed by atoms with Crippen molar-refractivity contribution in [3.63, 3.8) is 0 Å². The maximum atomic E-state index is 12.2. The third-order valence-corrected chi connectivity index (χ3v) is 6.19. The number of oxazole rings is 1. The fourth-order valence-corrected chi connectivity index (χ4v) is 4.46. The van der Waals surface area contributed by atoms with Gasteiger partial charge in [-0.2, -0.15) is 0 Å². The zero-order valence-electron chi connectivity index (χ0n) is 17.0. The lowest BCUT2D eigenvalue weighted by Crippen LogP contribution is -2.35. The van der Waals surface area contributed by atoms with E-state index in [4.69, 9.17) is 4.42 Å². The van der Waals surface area contributed by atoms with Crippen LogP contribution in [0.4, 0.5) is 0 Å². The summed E-state index contributed by atoms with van der Waals surface area (Å²) >= 11 is 0. The van der Waals surface area contributed by atoms with Crippen molar-refractivity contribution < 1.29 is 4.42 Å². The monoisotopic (exact) mass is 398 g/mol. The Hall–Kier alpha value is -3.11. The standard InChI is InChI=1S/C26H26N2O2/c29-26-28(24-8-4-5-9-25(24)30-26)19-21-14-16-27(17-15-21)18-20-10-12-23(13-11-20)22-6-2-1-3-7-22/h1-13,21H,14-19H2. The lowest BCUT2D eigenvalue weighted by atomic mass is 9.96. The van der Waals surface area contributed by atoms with E-state index in [0.29, 0.717) is 11.5 Å². The van der Waals surface area contributed by atoms with Crippen LogP contribution < -0.4 is 5.76 Å². The van der Waals surface area contributed by atoms with Crippen LogP contribution in [0.2, 0.25) is 0 Å². The topological polar surface area (TPSA) is 38.4 Å². The molecule has 5 rings (SSSR count). The first-order chi connectivity index (χ1) is 14.8. The van der Waals surface area contributed by atoms with Gasteiger partial charge in [0.25, 0.3) is 0 Å². The van der Waals surface area contributed by atoms with Gasteiger partial charge in [0.15, 0.2) is 5.58 Å². The average Bonchev–Trinajstić information content (AvgIpc) is 3.11. The Labute approximate surface area is 176 Å². The van der Waals surface area contributed by atoms with Gasteiger partial charge in [-0.3, -0.25) is 9.47 Å². The van der Waals surface area contributed by atoms with Crippen LogP contribution in [0.5, 0.6) is 0 Å². The number of aromatic nitrogens is 1. The molecule has 1 aromatic heterocycles. The summed E-state index contributed by atoms with van der Waals surface area (Å²) in [4.78, 5) is 14.8. The van der Waals surface area contributed by atoms with E-state index in [-0.39, 0.29) is 5.76 Å². The van der Waals surface area contributed by atoms with Crippen molar-refractivity contribution in [1.82, 2.24) is 9.47 Å².